The number of nitrogens with zero attached hydrogens (tertiary/aromatic N) is 2. The van der Waals surface area contributed by atoms with Gasteiger partial charge in [0.05, 0.1) is 6.10 Å². The maximum atomic E-state index is 13.4. The number of amides is 2. The molecule has 3 aliphatic rings. The van der Waals surface area contributed by atoms with E-state index in [0.717, 1.165) is 68.6 Å². The number of rotatable bonds is 7. The van der Waals surface area contributed by atoms with Crippen LogP contribution >= 0.6 is 0 Å². The molecule has 2 unspecified atom stereocenters. The largest absolute Gasteiger partial charge is 0.376 e. The number of hydrogen-bond donors (Lipinski definition) is 1. The number of likely N-dealkylation sites (tertiary alicyclic amines) is 1. The van der Waals surface area contributed by atoms with Crippen LogP contribution in [0.25, 0.3) is 0 Å². The van der Waals surface area contributed by atoms with Gasteiger partial charge in [0.1, 0.15) is 6.17 Å². The second-order valence-electron chi connectivity index (χ2n) is 10.7. The Bertz CT molecular complexity index is 1280. The normalized spacial score (nSPS) is 21.5. The highest BCUT2D eigenvalue weighted by Crippen LogP contribution is 2.35. The molecular weight excluding hydrogens is 474 g/mol. The Morgan fingerprint density at radius 3 is 2.50 bits per heavy atom. The summed E-state index contributed by atoms with van der Waals surface area (Å²) in [5.41, 5.74) is 4.58. The molecule has 3 aliphatic heterocycles. The first kappa shape index (κ1) is 24.7. The number of fused-ring (bicyclic) bond motifs is 1. The summed E-state index contributed by atoms with van der Waals surface area (Å²) < 4.78 is 5.85. The first-order chi connectivity index (χ1) is 18.7. The summed E-state index contributed by atoms with van der Waals surface area (Å²) in [6.07, 6.45) is 4.91. The lowest BCUT2D eigenvalue weighted by atomic mass is 9.90. The highest BCUT2D eigenvalue weighted by atomic mass is 16.5. The summed E-state index contributed by atoms with van der Waals surface area (Å²) in [7, 11) is 0. The van der Waals surface area contributed by atoms with Crippen molar-refractivity contribution in [1.82, 2.24) is 9.80 Å². The van der Waals surface area contributed by atoms with Crippen LogP contribution in [0.5, 0.6) is 0 Å². The molecule has 6 rings (SSSR count). The number of carbonyl (C=O) groups is 2. The van der Waals surface area contributed by atoms with Gasteiger partial charge in [-0.1, -0.05) is 54.6 Å². The molecule has 2 amide bonds. The molecular formula is C32H35N3O3. The predicted octanol–water partition coefficient (Wildman–Crippen LogP) is 5.53. The van der Waals surface area contributed by atoms with E-state index in [1.54, 1.807) is 0 Å². The molecule has 0 spiro atoms. The molecule has 2 fully saturated rings. The van der Waals surface area contributed by atoms with Crippen LogP contribution in [0.15, 0.2) is 78.9 Å². The smallest absolute Gasteiger partial charge is 0.256 e. The monoisotopic (exact) mass is 509 g/mol. The number of hydrogen-bond acceptors (Lipinski definition) is 4. The maximum Gasteiger partial charge on any atom is 0.256 e. The van der Waals surface area contributed by atoms with Crippen molar-refractivity contribution in [1.29, 1.82) is 0 Å². The topological polar surface area (TPSA) is 61.9 Å². The molecule has 1 N–H and O–H groups in total. The van der Waals surface area contributed by atoms with Gasteiger partial charge in [-0.25, -0.2) is 0 Å². The van der Waals surface area contributed by atoms with Crippen molar-refractivity contribution in [3.8, 4) is 0 Å². The van der Waals surface area contributed by atoms with E-state index in [1.807, 2.05) is 58.3 Å². The first-order valence-corrected chi connectivity index (χ1v) is 13.9. The van der Waals surface area contributed by atoms with Crippen LogP contribution in [0, 0.1) is 5.92 Å². The summed E-state index contributed by atoms with van der Waals surface area (Å²) in [5.74, 6) is 0.717. The van der Waals surface area contributed by atoms with Gasteiger partial charge in [-0.15, -0.1) is 0 Å². The molecule has 2 saturated heterocycles. The van der Waals surface area contributed by atoms with Crippen LogP contribution in [0.3, 0.4) is 0 Å². The summed E-state index contributed by atoms with van der Waals surface area (Å²) in [4.78, 5) is 30.6. The Labute approximate surface area is 224 Å². The molecule has 0 bridgehead atoms. The minimum Gasteiger partial charge on any atom is -0.376 e. The zero-order valence-electron chi connectivity index (χ0n) is 21.7. The summed E-state index contributed by atoms with van der Waals surface area (Å²) in [5, 5.41) is 3.56. The van der Waals surface area contributed by atoms with Crippen LogP contribution < -0.4 is 5.32 Å². The Balaban J connectivity index is 1.13. The van der Waals surface area contributed by atoms with Gasteiger partial charge in [-0.05, 0) is 67.9 Å². The van der Waals surface area contributed by atoms with E-state index in [1.165, 1.54) is 5.56 Å². The third-order valence-corrected chi connectivity index (χ3v) is 8.16. The third-order valence-electron chi connectivity index (χ3n) is 8.16. The molecule has 0 aromatic heterocycles. The highest BCUT2D eigenvalue weighted by molar-refractivity contribution is 5.99. The van der Waals surface area contributed by atoms with Crippen molar-refractivity contribution in [3.63, 3.8) is 0 Å². The fourth-order valence-electron chi connectivity index (χ4n) is 6.09. The molecule has 0 radical (unpaired) electrons. The first-order valence-electron chi connectivity index (χ1n) is 13.9. The van der Waals surface area contributed by atoms with Gasteiger partial charge in [0, 0.05) is 48.6 Å². The van der Waals surface area contributed by atoms with Crippen LogP contribution in [0.1, 0.15) is 63.7 Å². The van der Waals surface area contributed by atoms with E-state index in [2.05, 4.69) is 35.6 Å². The van der Waals surface area contributed by atoms with Gasteiger partial charge >= 0.3 is 0 Å². The number of anilines is 1. The van der Waals surface area contributed by atoms with E-state index < -0.39 is 0 Å². The molecule has 3 aromatic rings. The third kappa shape index (κ3) is 5.18. The summed E-state index contributed by atoms with van der Waals surface area (Å²) in [6, 6.07) is 26.1. The van der Waals surface area contributed by atoms with Crippen LogP contribution in [-0.4, -0.2) is 54.0 Å². The standard InChI is InChI=1S/C32H35N3O3/c36-31(34-17-15-24(16-18-34)20-23-8-2-1-3-9-23)25-10-6-11-26(21-25)33-30-28-13-4-5-14-29(28)32(37)35(30)22-27-12-7-19-38-27/h1-6,8-11,13-14,21,24,27,30,33H,7,12,15-20,22H2. The minimum atomic E-state index is -0.290. The lowest BCUT2D eigenvalue weighted by Crippen LogP contribution is -2.39. The van der Waals surface area contributed by atoms with Gasteiger partial charge in [0.25, 0.3) is 11.8 Å². The van der Waals surface area contributed by atoms with Crippen molar-refractivity contribution in [2.45, 2.75) is 44.4 Å². The molecule has 3 aromatic carbocycles. The van der Waals surface area contributed by atoms with Gasteiger partial charge < -0.3 is 19.9 Å². The van der Waals surface area contributed by atoms with Crippen LogP contribution in [-0.2, 0) is 11.2 Å². The summed E-state index contributed by atoms with van der Waals surface area (Å²) >= 11 is 0. The van der Waals surface area contributed by atoms with E-state index in [-0.39, 0.29) is 24.1 Å². The molecule has 3 heterocycles. The van der Waals surface area contributed by atoms with Gasteiger partial charge in [-0.3, -0.25) is 9.59 Å². The molecule has 0 saturated carbocycles. The average Bonchev–Trinajstić information content (AvgIpc) is 3.57. The van der Waals surface area contributed by atoms with E-state index in [9.17, 15) is 9.59 Å². The molecule has 6 nitrogen and oxygen atoms in total. The van der Waals surface area contributed by atoms with Crippen LogP contribution in [0.2, 0.25) is 0 Å². The number of carbonyl (C=O) groups excluding carboxylic acids is 2. The zero-order valence-corrected chi connectivity index (χ0v) is 21.7. The number of ether oxygens (including phenoxy) is 1. The Morgan fingerprint density at radius 1 is 0.921 bits per heavy atom. The minimum absolute atomic E-state index is 0.0270. The number of benzene rings is 3. The Hall–Kier alpha value is -3.64. The van der Waals surface area contributed by atoms with Gasteiger partial charge in [-0.2, -0.15) is 0 Å². The van der Waals surface area contributed by atoms with Gasteiger partial charge in [0.15, 0.2) is 0 Å². The van der Waals surface area contributed by atoms with E-state index in [4.69, 9.17) is 4.74 Å². The fourth-order valence-corrected chi connectivity index (χ4v) is 6.09. The van der Waals surface area contributed by atoms with E-state index >= 15 is 0 Å². The van der Waals surface area contributed by atoms with E-state index in [0.29, 0.717) is 18.0 Å². The zero-order chi connectivity index (χ0) is 25.9. The molecule has 196 valence electrons. The van der Waals surface area contributed by atoms with Gasteiger partial charge in [0.2, 0.25) is 0 Å². The van der Waals surface area contributed by atoms with Crippen molar-refractivity contribution in [2.24, 2.45) is 5.92 Å². The lowest BCUT2D eigenvalue weighted by Gasteiger charge is -2.32. The lowest BCUT2D eigenvalue weighted by molar-refractivity contribution is 0.0488. The van der Waals surface area contributed by atoms with Crippen molar-refractivity contribution < 1.29 is 14.3 Å². The molecule has 38 heavy (non-hydrogen) atoms. The second-order valence-corrected chi connectivity index (χ2v) is 10.7. The Kier molecular flexibility index (Phi) is 7.14. The highest BCUT2D eigenvalue weighted by Gasteiger charge is 2.38. The second kappa shape index (κ2) is 11.0. The maximum absolute atomic E-state index is 13.4. The Morgan fingerprint density at radius 2 is 1.71 bits per heavy atom. The molecule has 2 atom stereocenters. The fraction of sp³-hybridized carbons (Fsp3) is 0.375. The SMILES string of the molecule is O=C(c1cccc(NC2c3ccccc3C(=O)N2CC2CCCO2)c1)N1CCC(Cc2ccccc2)CC1. The average molecular weight is 510 g/mol. The van der Waals surface area contributed by atoms with Crippen molar-refractivity contribution >= 4 is 17.5 Å². The summed E-state index contributed by atoms with van der Waals surface area (Å²) in [6.45, 7) is 2.88. The predicted molar refractivity (Wildman–Crippen MR) is 148 cm³/mol. The molecule has 0 aliphatic carbocycles. The number of piperidine rings is 1. The van der Waals surface area contributed by atoms with Crippen LogP contribution in [0.4, 0.5) is 5.69 Å². The van der Waals surface area contributed by atoms with Crippen molar-refractivity contribution in [3.05, 3.63) is 101 Å². The molecule has 6 heteroatoms. The van der Waals surface area contributed by atoms with Crippen molar-refractivity contribution in [2.75, 3.05) is 31.6 Å². The quantitative estimate of drug-likeness (QED) is 0.455. The number of nitrogens with one attached hydrogen (secondary N) is 1.